The zero-order chi connectivity index (χ0) is 21.0. The molecule has 2 aromatic rings. The number of rotatable bonds is 10. The van der Waals surface area contributed by atoms with Gasteiger partial charge in [-0.3, -0.25) is 0 Å². The average Bonchev–Trinajstić information content (AvgIpc) is 3.50. The molecule has 1 aliphatic carbocycles. The monoisotopic (exact) mass is 395 g/mol. The van der Waals surface area contributed by atoms with E-state index in [1.165, 1.54) is 40.7 Å². The second-order valence-corrected chi connectivity index (χ2v) is 9.46. The van der Waals surface area contributed by atoms with Crippen LogP contribution < -0.4 is 5.32 Å². The molecule has 3 rings (SSSR count). The third-order valence-corrected chi connectivity index (χ3v) is 6.05. The summed E-state index contributed by atoms with van der Waals surface area (Å²) in [5, 5.41) is 14.1. The van der Waals surface area contributed by atoms with E-state index in [1.807, 2.05) is 0 Å². The van der Waals surface area contributed by atoms with Gasteiger partial charge >= 0.3 is 0 Å². The second-order valence-electron chi connectivity index (χ2n) is 9.46. The Morgan fingerprint density at radius 3 is 2.41 bits per heavy atom. The van der Waals surface area contributed by atoms with Crippen LogP contribution >= 0.6 is 0 Å². The number of aliphatic hydroxyl groups is 1. The van der Waals surface area contributed by atoms with Gasteiger partial charge in [-0.15, -0.1) is 0 Å². The van der Waals surface area contributed by atoms with Crippen molar-refractivity contribution < 1.29 is 9.84 Å². The average molecular weight is 396 g/mol. The molecule has 1 saturated carbocycles. The van der Waals surface area contributed by atoms with Crippen molar-refractivity contribution in [2.45, 2.75) is 71.6 Å². The lowest BCUT2D eigenvalue weighted by Crippen LogP contribution is -2.46. The number of hydrogen-bond donors (Lipinski definition) is 2. The Kier molecular flexibility index (Phi) is 7.15. The fourth-order valence-electron chi connectivity index (χ4n) is 3.94. The summed E-state index contributed by atoms with van der Waals surface area (Å²) in [6.45, 7) is 11.7. The van der Waals surface area contributed by atoms with Gasteiger partial charge in [0.1, 0.15) is 0 Å². The van der Waals surface area contributed by atoms with Crippen molar-refractivity contribution >= 4 is 0 Å². The molecule has 0 saturated heterocycles. The molecule has 0 aromatic heterocycles. The first-order valence-corrected chi connectivity index (χ1v) is 10.9. The van der Waals surface area contributed by atoms with Gasteiger partial charge in [0.2, 0.25) is 0 Å². The quantitative estimate of drug-likeness (QED) is 0.591. The Morgan fingerprint density at radius 1 is 1.03 bits per heavy atom. The van der Waals surface area contributed by atoms with Crippen molar-refractivity contribution in [1.29, 1.82) is 0 Å². The topological polar surface area (TPSA) is 41.5 Å². The first-order valence-electron chi connectivity index (χ1n) is 10.9. The van der Waals surface area contributed by atoms with Gasteiger partial charge < -0.3 is 15.2 Å². The van der Waals surface area contributed by atoms with Gasteiger partial charge in [0.15, 0.2) is 0 Å². The minimum absolute atomic E-state index is 0.0887. The molecule has 0 aliphatic heterocycles. The maximum absolute atomic E-state index is 10.5. The number of β-amino-alcohol motifs (C(OH)–C–C–N with tert-alkyl or cyclic N) is 1. The highest BCUT2D eigenvalue weighted by atomic mass is 16.5. The molecule has 0 heterocycles. The molecule has 3 nitrogen and oxygen atoms in total. The molecule has 2 atom stereocenters. The summed E-state index contributed by atoms with van der Waals surface area (Å²) < 4.78 is 6.22. The minimum Gasteiger partial charge on any atom is -0.389 e. The van der Waals surface area contributed by atoms with Crippen molar-refractivity contribution in [2.24, 2.45) is 5.92 Å². The maximum Gasteiger partial charge on any atom is 0.0898 e. The van der Waals surface area contributed by atoms with Gasteiger partial charge in [0, 0.05) is 12.1 Å². The van der Waals surface area contributed by atoms with Crippen LogP contribution in [0.3, 0.4) is 0 Å². The highest BCUT2D eigenvalue weighted by Gasteiger charge is 2.34. The zero-order valence-electron chi connectivity index (χ0n) is 18.7. The van der Waals surface area contributed by atoms with Crippen LogP contribution in [0.4, 0.5) is 0 Å². The van der Waals surface area contributed by atoms with Gasteiger partial charge in [-0.2, -0.15) is 0 Å². The van der Waals surface area contributed by atoms with E-state index >= 15 is 0 Å². The summed E-state index contributed by atoms with van der Waals surface area (Å²) in [5.41, 5.74) is 6.43. The molecular formula is C26H37NO2. The highest BCUT2D eigenvalue weighted by molar-refractivity contribution is 5.31. The molecule has 0 radical (unpaired) electrons. The smallest absolute Gasteiger partial charge is 0.0898 e. The molecule has 1 fully saturated rings. The molecule has 29 heavy (non-hydrogen) atoms. The summed E-state index contributed by atoms with van der Waals surface area (Å²) >= 11 is 0. The second kappa shape index (κ2) is 9.42. The normalized spacial score (nSPS) is 16.6. The third-order valence-electron chi connectivity index (χ3n) is 6.05. The fourth-order valence-corrected chi connectivity index (χ4v) is 3.94. The fraction of sp³-hybridized carbons (Fsp3) is 0.538. The summed E-state index contributed by atoms with van der Waals surface area (Å²) in [5.74, 6) is 0.595. The number of ether oxygens (including phenoxy) is 1. The molecule has 3 heteroatoms. The number of hydrogen-bond acceptors (Lipinski definition) is 3. The van der Waals surface area contributed by atoms with Gasteiger partial charge in [0.25, 0.3) is 0 Å². The van der Waals surface area contributed by atoms with Crippen LogP contribution in [-0.2, 0) is 11.2 Å². The molecular weight excluding hydrogens is 358 g/mol. The van der Waals surface area contributed by atoms with Crippen LogP contribution in [0.15, 0.2) is 42.5 Å². The number of aliphatic hydroxyl groups excluding tert-OH is 1. The Balaban J connectivity index is 1.50. The van der Waals surface area contributed by atoms with Crippen molar-refractivity contribution in [3.05, 3.63) is 70.3 Å². The molecule has 1 aliphatic rings. The van der Waals surface area contributed by atoms with E-state index in [1.54, 1.807) is 0 Å². The Labute approximate surface area is 176 Å². The van der Waals surface area contributed by atoms with E-state index < -0.39 is 6.10 Å². The van der Waals surface area contributed by atoms with Gasteiger partial charge in [-0.05, 0) is 87.6 Å². The van der Waals surface area contributed by atoms with E-state index in [0.29, 0.717) is 19.1 Å². The lowest BCUT2D eigenvalue weighted by molar-refractivity contribution is -0.0213. The molecule has 158 valence electrons. The van der Waals surface area contributed by atoms with Crippen LogP contribution in [0.25, 0.3) is 0 Å². The van der Waals surface area contributed by atoms with E-state index in [-0.39, 0.29) is 11.6 Å². The van der Waals surface area contributed by atoms with Crippen molar-refractivity contribution in [2.75, 3.05) is 13.2 Å². The third kappa shape index (κ3) is 6.40. The van der Waals surface area contributed by atoms with Gasteiger partial charge in [-0.1, -0.05) is 42.5 Å². The standard InChI is InChI=1S/C26H37NO2/c1-18-10-11-21(14-20(18)3)15-26(4,5)27-16-23(28)17-29-25(22-12-13-22)24-9-7-6-8-19(24)2/h6-11,14,22-23,25,27-28H,12-13,15-17H2,1-5H3/t23-,25-/m1/s1. The lowest BCUT2D eigenvalue weighted by Gasteiger charge is -2.29. The van der Waals surface area contributed by atoms with Crippen molar-refractivity contribution in [1.82, 2.24) is 5.32 Å². The van der Waals surface area contributed by atoms with Crippen LogP contribution in [0, 0.1) is 26.7 Å². The van der Waals surface area contributed by atoms with E-state index in [2.05, 4.69) is 82.4 Å². The first-order chi connectivity index (χ1) is 13.7. The van der Waals surface area contributed by atoms with E-state index in [0.717, 1.165) is 6.42 Å². The number of aryl methyl sites for hydroxylation is 3. The van der Waals surface area contributed by atoms with Crippen molar-refractivity contribution in [3.63, 3.8) is 0 Å². The van der Waals surface area contributed by atoms with Crippen LogP contribution in [0.2, 0.25) is 0 Å². The van der Waals surface area contributed by atoms with E-state index in [4.69, 9.17) is 4.74 Å². The number of benzene rings is 2. The summed E-state index contributed by atoms with van der Waals surface area (Å²) in [7, 11) is 0. The Morgan fingerprint density at radius 2 is 1.76 bits per heavy atom. The van der Waals surface area contributed by atoms with Crippen LogP contribution in [-0.4, -0.2) is 29.9 Å². The molecule has 2 aromatic carbocycles. The number of nitrogens with one attached hydrogen (secondary N) is 1. The van der Waals surface area contributed by atoms with Gasteiger partial charge in [0.05, 0.1) is 18.8 Å². The molecule has 0 amide bonds. The lowest BCUT2D eigenvalue weighted by atomic mass is 9.93. The highest BCUT2D eigenvalue weighted by Crippen LogP contribution is 2.44. The van der Waals surface area contributed by atoms with Crippen LogP contribution in [0.1, 0.15) is 60.6 Å². The Bertz CT molecular complexity index is 810. The molecule has 2 N–H and O–H groups in total. The van der Waals surface area contributed by atoms with Gasteiger partial charge in [-0.25, -0.2) is 0 Å². The van der Waals surface area contributed by atoms with E-state index in [9.17, 15) is 5.11 Å². The summed E-state index contributed by atoms with van der Waals surface area (Å²) in [6, 6.07) is 15.1. The minimum atomic E-state index is -0.515. The van der Waals surface area contributed by atoms with Crippen LogP contribution in [0.5, 0.6) is 0 Å². The Hall–Kier alpha value is -1.68. The first kappa shape index (κ1) is 22.0. The summed E-state index contributed by atoms with van der Waals surface area (Å²) in [6.07, 6.45) is 2.95. The predicted octanol–water partition coefficient (Wildman–Crippen LogP) is 5.05. The summed E-state index contributed by atoms with van der Waals surface area (Å²) in [4.78, 5) is 0. The molecule has 0 unspecified atom stereocenters. The molecule has 0 bridgehead atoms. The SMILES string of the molecule is Cc1ccc(CC(C)(C)NC[C@@H](O)CO[C@@H](c2ccccc2C)C2CC2)cc1C. The van der Waals surface area contributed by atoms with Crippen molar-refractivity contribution in [3.8, 4) is 0 Å². The predicted molar refractivity (Wildman–Crippen MR) is 120 cm³/mol. The maximum atomic E-state index is 10.5. The zero-order valence-corrected chi connectivity index (χ0v) is 18.7. The molecule has 0 spiro atoms. The largest absolute Gasteiger partial charge is 0.389 e.